The van der Waals surface area contributed by atoms with Gasteiger partial charge in [-0.2, -0.15) is 0 Å². The average Bonchev–Trinajstić information content (AvgIpc) is 2.01. The second-order valence-corrected chi connectivity index (χ2v) is 2.68. The van der Waals surface area contributed by atoms with Gasteiger partial charge < -0.3 is 5.11 Å². The van der Waals surface area contributed by atoms with Gasteiger partial charge in [0.25, 0.3) is 0 Å². The summed E-state index contributed by atoms with van der Waals surface area (Å²) in [5, 5.41) is 9.38. The number of carbonyl (C=O) groups excluding carboxylic acids is 1. The van der Waals surface area contributed by atoms with Crippen LogP contribution in [0.1, 0.15) is 13.8 Å². The molecule has 11 heavy (non-hydrogen) atoms. The molecule has 1 rings (SSSR count). The number of hydrogen-bond acceptors (Lipinski definition) is 2. The standard InChI is InChI=1S/C9H10O2/c1-6-3-4-8(5-10)7(2)9(6)11/h3-4,7,11H,1-2H3. The van der Waals surface area contributed by atoms with E-state index in [4.69, 9.17) is 0 Å². The lowest BCUT2D eigenvalue weighted by Gasteiger charge is -2.15. The second-order valence-electron chi connectivity index (χ2n) is 2.68. The Hall–Kier alpha value is -1.27. The van der Waals surface area contributed by atoms with Gasteiger partial charge in [-0.05, 0) is 18.6 Å². The molecule has 0 saturated carbocycles. The highest BCUT2D eigenvalue weighted by Crippen LogP contribution is 2.25. The van der Waals surface area contributed by atoms with Crippen molar-refractivity contribution in [2.45, 2.75) is 13.8 Å². The molecule has 0 aromatic heterocycles. The minimum Gasteiger partial charge on any atom is -0.511 e. The highest BCUT2D eigenvalue weighted by molar-refractivity contribution is 5.61. The molecule has 0 heterocycles. The van der Waals surface area contributed by atoms with E-state index in [0.717, 1.165) is 5.57 Å². The first-order chi connectivity index (χ1) is 5.16. The van der Waals surface area contributed by atoms with Crippen LogP contribution < -0.4 is 0 Å². The molecule has 0 radical (unpaired) electrons. The Labute approximate surface area is 65.5 Å². The van der Waals surface area contributed by atoms with E-state index >= 15 is 0 Å². The van der Waals surface area contributed by atoms with Crippen molar-refractivity contribution >= 4 is 5.94 Å². The summed E-state index contributed by atoms with van der Waals surface area (Å²) >= 11 is 0. The first-order valence-electron chi connectivity index (χ1n) is 3.49. The zero-order valence-electron chi connectivity index (χ0n) is 6.59. The predicted octanol–water partition coefficient (Wildman–Crippen LogP) is 1.78. The van der Waals surface area contributed by atoms with Crippen LogP contribution in [0, 0.1) is 5.92 Å². The van der Waals surface area contributed by atoms with Crippen LogP contribution in [-0.2, 0) is 4.79 Å². The molecule has 1 aliphatic rings. The van der Waals surface area contributed by atoms with E-state index in [1.807, 2.05) is 6.92 Å². The minimum atomic E-state index is -0.197. The van der Waals surface area contributed by atoms with Crippen molar-refractivity contribution in [3.05, 3.63) is 29.1 Å². The Balaban J connectivity index is 3.10. The first kappa shape index (κ1) is 7.83. The summed E-state index contributed by atoms with van der Waals surface area (Å²) < 4.78 is 0. The summed E-state index contributed by atoms with van der Waals surface area (Å²) in [5.74, 6) is 1.86. The van der Waals surface area contributed by atoms with Crippen molar-refractivity contribution in [3.63, 3.8) is 0 Å². The van der Waals surface area contributed by atoms with E-state index in [9.17, 15) is 9.90 Å². The molecule has 1 atom stereocenters. The zero-order chi connectivity index (χ0) is 8.43. The third kappa shape index (κ3) is 1.26. The van der Waals surface area contributed by atoms with Gasteiger partial charge in [0, 0.05) is 11.5 Å². The molecule has 2 heteroatoms. The van der Waals surface area contributed by atoms with E-state index in [-0.39, 0.29) is 11.7 Å². The topological polar surface area (TPSA) is 37.3 Å². The summed E-state index contributed by atoms with van der Waals surface area (Å²) in [4.78, 5) is 10.3. The highest BCUT2D eigenvalue weighted by Gasteiger charge is 2.17. The fourth-order valence-electron chi connectivity index (χ4n) is 1.06. The lowest BCUT2D eigenvalue weighted by Crippen LogP contribution is -2.07. The van der Waals surface area contributed by atoms with Gasteiger partial charge in [-0.25, -0.2) is 4.79 Å². The van der Waals surface area contributed by atoms with Crippen molar-refractivity contribution in [1.82, 2.24) is 0 Å². The van der Waals surface area contributed by atoms with Gasteiger partial charge >= 0.3 is 0 Å². The fraction of sp³-hybridized carbons (Fsp3) is 0.333. The largest absolute Gasteiger partial charge is 0.511 e. The van der Waals surface area contributed by atoms with Crippen LogP contribution >= 0.6 is 0 Å². The lowest BCUT2D eigenvalue weighted by molar-refractivity contribution is 0.354. The molecular weight excluding hydrogens is 140 g/mol. The van der Waals surface area contributed by atoms with Gasteiger partial charge in [0.2, 0.25) is 0 Å². The maximum absolute atomic E-state index is 10.3. The van der Waals surface area contributed by atoms with Crippen LogP contribution in [0.25, 0.3) is 0 Å². The predicted molar refractivity (Wildman–Crippen MR) is 42.8 cm³/mol. The number of aliphatic hydroxyl groups excluding tert-OH is 1. The molecular formula is C9H10O2. The van der Waals surface area contributed by atoms with E-state index < -0.39 is 0 Å². The third-order valence-electron chi connectivity index (χ3n) is 1.91. The van der Waals surface area contributed by atoms with E-state index in [0.29, 0.717) is 5.57 Å². The van der Waals surface area contributed by atoms with Crippen LogP contribution in [0.3, 0.4) is 0 Å². The maximum atomic E-state index is 10.3. The Bertz CT molecular complexity index is 278. The molecule has 58 valence electrons. The monoisotopic (exact) mass is 150 g/mol. The highest BCUT2D eigenvalue weighted by atomic mass is 16.3. The molecule has 0 bridgehead atoms. The van der Waals surface area contributed by atoms with E-state index in [2.05, 4.69) is 0 Å². The summed E-state index contributed by atoms with van der Waals surface area (Å²) in [6, 6.07) is 0. The van der Waals surface area contributed by atoms with E-state index in [1.165, 1.54) is 0 Å². The SMILES string of the molecule is CC1=C(O)C(C)C(=C=O)C=C1. The summed E-state index contributed by atoms with van der Waals surface area (Å²) in [6.07, 6.45) is 3.41. The second kappa shape index (κ2) is 2.77. The van der Waals surface area contributed by atoms with Gasteiger partial charge in [0.15, 0.2) is 0 Å². The first-order valence-corrected chi connectivity index (χ1v) is 3.49. The van der Waals surface area contributed by atoms with Gasteiger partial charge in [-0.1, -0.05) is 13.0 Å². The van der Waals surface area contributed by atoms with Gasteiger partial charge in [0.05, 0.1) is 0 Å². The smallest absolute Gasteiger partial charge is 0.128 e. The number of hydrogen-bond donors (Lipinski definition) is 1. The molecule has 0 aromatic rings. The minimum absolute atomic E-state index is 0.197. The molecule has 0 aliphatic heterocycles. The Morgan fingerprint density at radius 2 is 2.18 bits per heavy atom. The number of rotatable bonds is 0. The van der Waals surface area contributed by atoms with Crippen molar-refractivity contribution in [2.75, 3.05) is 0 Å². The van der Waals surface area contributed by atoms with E-state index in [1.54, 1.807) is 25.0 Å². The van der Waals surface area contributed by atoms with Crippen LogP contribution in [-0.4, -0.2) is 11.0 Å². The molecule has 1 N–H and O–H groups in total. The lowest BCUT2D eigenvalue weighted by atomic mass is 9.92. The fourth-order valence-corrected chi connectivity index (χ4v) is 1.06. The summed E-state index contributed by atoms with van der Waals surface area (Å²) in [6.45, 7) is 3.59. The number of allylic oxidation sites excluding steroid dienone is 4. The van der Waals surface area contributed by atoms with Crippen molar-refractivity contribution < 1.29 is 9.90 Å². The molecule has 1 aliphatic carbocycles. The Morgan fingerprint density at radius 3 is 2.73 bits per heavy atom. The van der Waals surface area contributed by atoms with Crippen LogP contribution in [0.5, 0.6) is 0 Å². The van der Waals surface area contributed by atoms with Crippen molar-refractivity contribution in [1.29, 1.82) is 0 Å². The van der Waals surface area contributed by atoms with Gasteiger partial charge in [-0.3, -0.25) is 0 Å². The average molecular weight is 150 g/mol. The molecule has 0 saturated heterocycles. The van der Waals surface area contributed by atoms with Crippen LogP contribution in [0.4, 0.5) is 0 Å². The third-order valence-corrected chi connectivity index (χ3v) is 1.91. The quantitative estimate of drug-likeness (QED) is 0.534. The molecule has 2 nitrogen and oxygen atoms in total. The maximum Gasteiger partial charge on any atom is 0.128 e. The Morgan fingerprint density at radius 1 is 1.55 bits per heavy atom. The molecule has 0 amide bonds. The summed E-state index contributed by atoms with van der Waals surface area (Å²) in [7, 11) is 0. The van der Waals surface area contributed by atoms with Crippen molar-refractivity contribution in [3.8, 4) is 0 Å². The van der Waals surface area contributed by atoms with Gasteiger partial charge in [-0.15, -0.1) is 0 Å². The molecule has 0 spiro atoms. The molecule has 0 aromatic carbocycles. The van der Waals surface area contributed by atoms with Crippen molar-refractivity contribution in [2.24, 2.45) is 5.92 Å². The molecule has 0 fully saturated rings. The van der Waals surface area contributed by atoms with Gasteiger partial charge in [0.1, 0.15) is 11.7 Å². The molecule has 1 unspecified atom stereocenters. The number of aliphatic hydroxyl groups is 1. The van der Waals surface area contributed by atoms with Crippen LogP contribution in [0.2, 0.25) is 0 Å². The van der Waals surface area contributed by atoms with Crippen LogP contribution in [0.15, 0.2) is 29.1 Å². The summed E-state index contributed by atoms with van der Waals surface area (Å²) in [5.41, 5.74) is 1.32. The normalized spacial score (nSPS) is 23.8. The Kier molecular flexibility index (Phi) is 1.97. The zero-order valence-corrected chi connectivity index (χ0v) is 6.59.